The number of fused-ring (bicyclic) bond motifs is 1. The van der Waals surface area contributed by atoms with Gasteiger partial charge in [0, 0.05) is 23.4 Å². The summed E-state index contributed by atoms with van der Waals surface area (Å²) in [6.45, 7) is 2.87. The van der Waals surface area contributed by atoms with Crippen LogP contribution in [0.2, 0.25) is 5.02 Å². The van der Waals surface area contributed by atoms with Gasteiger partial charge < -0.3 is 18.8 Å². The highest BCUT2D eigenvalue weighted by atomic mass is 79.9. The third-order valence-electron chi connectivity index (χ3n) is 4.49. The molecule has 1 aliphatic heterocycles. The Morgan fingerprint density at radius 1 is 1.14 bits per heavy atom. The number of morpholine rings is 1. The van der Waals surface area contributed by atoms with Crippen molar-refractivity contribution in [3.8, 4) is 16.9 Å². The van der Waals surface area contributed by atoms with Crippen LogP contribution in [0.4, 0.5) is 6.01 Å². The Kier molecular flexibility index (Phi) is 5.85. The molecule has 1 aromatic heterocycles. The number of alkyl halides is 1. The lowest BCUT2D eigenvalue weighted by Crippen LogP contribution is -2.37. The zero-order chi connectivity index (χ0) is 19.5. The molecule has 8 heteroatoms. The fourth-order valence-electron chi connectivity index (χ4n) is 3.15. The molecule has 0 amide bonds. The summed E-state index contributed by atoms with van der Waals surface area (Å²) in [6, 6.07) is 11.1. The lowest BCUT2D eigenvalue weighted by Gasteiger charge is -2.26. The largest absolute Gasteiger partial charge is 0.492 e. The Hall–Kier alpha value is -2.09. The van der Waals surface area contributed by atoms with E-state index in [4.69, 9.17) is 25.5 Å². The molecule has 2 heterocycles. The SMILES string of the molecule is O=c1nc(N2CCOCC2)oc2c(-c3ccc(Cl)cc3)c(OCCBr)ccc12. The van der Waals surface area contributed by atoms with Gasteiger partial charge in [0.1, 0.15) is 5.75 Å². The third-order valence-corrected chi connectivity index (χ3v) is 5.07. The second-order valence-corrected chi connectivity index (χ2v) is 7.49. The highest BCUT2D eigenvalue weighted by Gasteiger charge is 2.21. The number of aromatic nitrogens is 1. The maximum absolute atomic E-state index is 12.7. The molecule has 0 saturated carbocycles. The number of halogens is 2. The van der Waals surface area contributed by atoms with Crippen LogP contribution in [0.15, 0.2) is 45.6 Å². The maximum Gasteiger partial charge on any atom is 0.301 e. The lowest BCUT2D eigenvalue weighted by atomic mass is 10.0. The van der Waals surface area contributed by atoms with Crippen LogP contribution in [-0.4, -0.2) is 43.2 Å². The van der Waals surface area contributed by atoms with Crippen molar-refractivity contribution in [1.82, 2.24) is 4.98 Å². The van der Waals surface area contributed by atoms with Crippen LogP contribution in [0, 0.1) is 0 Å². The predicted octanol–water partition coefficient (Wildman–Crippen LogP) is 4.12. The number of benzene rings is 2. The lowest BCUT2D eigenvalue weighted by molar-refractivity contribution is 0.120. The van der Waals surface area contributed by atoms with Crippen molar-refractivity contribution >= 4 is 44.5 Å². The number of nitrogens with zero attached hydrogens (tertiary/aromatic N) is 2. The standard InChI is InChI=1S/C20H18BrClN2O4/c21-7-10-27-16-6-5-15-18(17(16)13-1-3-14(22)4-2-13)28-20(23-19(15)25)24-8-11-26-12-9-24/h1-6H,7-12H2. The van der Waals surface area contributed by atoms with E-state index in [-0.39, 0.29) is 5.56 Å². The fourth-order valence-corrected chi connectivity index (χ4v) is 3.44. The predicted molar refractivity (Wildman–Crippen MR) is 113 cm³/mol. The van der Waals surface area contributed by atoms with Crippen LogP contribution < -0.4 is 15.2 Å². The summed E-state index contributed by atoms with van der Waals surface area (Å²) in [5.74, 6) is 0.636. The first-order valence-corrected chi connectivity index (χ1v) is 10.4. The molecule has 6 nitrogen and oxygen atoms in total. The summed E-state index contributed by atoms with van der Waals surface area (Å²) in [7, 11) is 0. The summed E-state index contributed by atoms with van der Waals surface area (Å²) in [5, 5.41) is 1.72. The minimum atomic E-state index is -0.329. The topological polar surface area (TPSA) is 64.8 Å². The van der Waals surface area contributed by atoms with E-state index in [2.05, 4.69) is 20.9 Å². The first-order valence-electron chi connectivity index (χ1n) is 8.92. The molecule has 0 radical (unpaired) electrons. The summed E-state index contributed by atoms with van der Waals surface area (Å²) in [4.78, 5) is 18.8. The first-order chi connectivity index (χ1) is 13.7. The molecule has 3 aromatic rings. The van der Waals surface area contributed by atoms with Crippen LogP contribution in [-0.2, 0) is 4.74 Å². The molecule has 28 heavy (non-hydrogen) atoms. The number of hydrogen-bond acceptors (Lipinski definition) is 6. The van der Waals surface area contributed by atoms with Gasteiger partial charge in [-0.3, -0.25) is 4.79 Å². The average molecular weight is 466 g/mol. The minimum absolute atomic E-state index is 0.300. The molecule has 0 unspecified atom stereocenters. The van der Waals surface area contributed by atoms with Crippen LogP contribution in [0.3, 0.4) is 0 Å². The summed E-state index contributed by atoms with van der Waals surface area (Å²) in [6.07, 6.45) is 0. The van der Waals surface area contributed by atoms with E-state index in [9.17, 15) is 4.79 Å². The van der Waals surface area contributed by atoms with Gasteiger partial charge in [0.25, 0.3) is 5.56 Å². The molecule has 0 N–H and O–H groups in total. The van der Waals surface area contributed by atoms with Crippen molar-refractivity contribution in [3.05, 3.63) is 51.8 Å². The van der Waals surface area contributed by atoms with Gasteiger partial charge in [-0.05, 0) is 29.8 Å². The maximum atomic E-state index is 12.7. The molecule has 146 valence electrons. The van der Waals surface area contributed by atoms with Crippen molar-refractivity contribution in [2.75, 3.05) is 43.1 Å². The second kappa shape index (κ2) is 8.51. The summed E-state index contributed by atoms with van der Waals surface area (Å²) in [5.41, 5.74) is 1.69. The monoisotopic (exact) mass is 464 g/mol. The van der Waals surface area contributed by atoms with Crippen molar-refractivity contribution in [3.63, 3.8) is 0 Å². The zero-order valence-corrected chi connectivity index (χ0v) is 17.3. The van der Waals surface area contributed by atoms with Gasteiger partial charge in [-0.1, -0.05) is 39.7 Å². The zero-order valence-electron chi connectivity index (χ0n) is 15.0. The van der Waals surface area contributed by atoms with Crippen LogP contribution >= 0.6 is 27.5 Å². The molecule has 0 atom stereocenters. The highest BCUT2D eigenvalue weighted by Crippen LogP contribution is 2.37. The van der Waals surface area contributed by atoms with Gasteiger partial charge in [0.05, 0.1) is 30.8 Å². The average Bonchev–Trinajstić information content (AvgIpc) is 2.73. The van der Waals surface area contributed by atoms with Gasteiger partial charge >= 0.3 is 6.01 Å². The number of rotatable bonds is 5. The molecule has 1 saturated heterocycles. The van der Waals surface area contributed by atoms with E-state index in [0.717, 1.165) is 5.56 Å². The smallest absolute Gasteiger partial charge is 0.301 e. The number of ether oxygens (including phenoxy) is 2. The highest BCUT2D eigenvalue weighted by molar-refractivity contribution is 9.09. The molecule has 2 aromatic carbocycles. The minimum Gasteiger partial charge on any atom is -0.492 e. The van der Waals surface area contributed by atoms with E-state index in [0.29, 0.717) is 71.6 Å². The Labute approximate surface area is 175 Å². The molecular formula is C20H18BrClN2O4. The molecule has 0 bridgehead atoms. The van der Waals surface area contributed by atoms with Crippen LogP contribution in [0.1, 0.15) is 0 Å². The van der Waals surface area contributed by atoms with Gasteiger partial charge in [-0.25, -0.2) is 0 Å². The molecule has 1 fully saturated rings. The van der Waals surface area contributed by atoms with E-state index in [1.807, 2.05) is 17.0 Å². The normalized spacial score (nSPS) is 14.4. The van der Waals surface area contributed by atoms with E-state index in [1.54, 1.807) is 24.3 Å². The van der Waals surface area contributed by atoms with E-state index in [1.165, 1.54) is 0 Å². The quantitative estimate of drug-likeness (QED) is 0.528. The molecular weight excluding hydrogens is 448 g/mol. The van der Waals surface area contributed by atoms with Gasteiger partial charge in [-0.2, -0.15) is 4.98 Å². The van der Waals surface area contributed by atoms with Gasteiger partial charge in [0.15, 0.2) is 5.58 Å². The Bertz CT molecular complexity index is 1030. The third kappa shape index (κ3) is 3.87. The van der Waals surface area contributed by atoms with Crippen LogP contribution in [0.5, 0.6) is 5.75 Å². The number of anilines is 1. The summed E-state index contributed by atoms with van der Waals surface area (Å²) < 4.78 is 17.4. The van der Waals surface area contributed by atoms with Crippen molar-refractivity contribution in [1.29, 1.82) is 0 Å². The summed E-state index contributed by atoms with van der Waals surface area (Å²) >= 11 is 9.43. The van der Waals surface area contributed by atoms with Crippen molar-refractivity contribution in [2.24, 2.45) is 0 Å². The molecule has 4 rings (SSSR count). The molecule has 1 aliphatic rings. The molecule has 0 aliphatic carbocycles. The first kappa shape index (κ1) is 19.2. The Morgan fingerprint density at radius 3 is 2.61 bits per heavy atom. The van der Waals surface area contributed by atoms with E-state index >= 15 is 0 Å². The van der Waals surface area contributed by atoms with Crippen LogP contribution in [0.25, 0.3) is 22.1 Å². The van der Waals surface area contributed by atoms with Gasteiger partial charge in [0.2, 0.25) is 0 Å². The van der Waals surface area contributed by atoms with Crippen molar-refractivity contribution < 1.29 is 13.9 Å². The molecule has 0 spiro atoms. The Morgan fingerprint density at radius 2 is 1.89 bits per heavy atom. The van der Waals surface area contributed by atoms with Gasteiger partial charge in [-0.15, -0.1) is 0 Å². The van der Waals surface area contributed by atoms with Crippen molar-refractivity contribution in [2.45, 2.75) is 0 Å². The fraction of sp³-hybridized carbons (Fsp3) is 0.300. The number of hydrogen-bond donors (Lipinski definition) is 0. The Balaban J connectivity index is 1.93. The second-order valence-electron chi connectivity index (χ2n) is 6.26. The van der Waals surface area contributed by atoms with E-state index < -0.39 is 0 Å².